The van der Waals surface area contributed by atoms with Gasteiger partial charge in [0.25, 0.3) is 0 Å². The number of carbonyl (C=O) groups excluding carboxylic acids is 1. The number of halogens is 1. The van der Waals surface area contributed by atoms with Crippen molar-refractivity contribution in [2.24, 2.45) is 4.99 Å². The van der Waals surface area contributed by atoms with Gasteiger partial charge in [0.05, 0.1) is 11.6 Å². The maximum atomic E-state index is 11.4. The molecule has 0 radical (unpaired) electrons. The number of hydrogen-bond donors (Lipinski definition) is 2. The first kappa shape index (κ1) is 12.6. The van der Waals surface area contributed by atoms with Crippen LogP contribution in [0.5, 0.6) is 0 Å². The molecule has 0 saturated heterocycles. The molecule has 0 unspecified atom stereocenters. The topological polar surface area (TPSA) is 83.8 Å². The number of aryl methyl sites for hydroxylation is 1. The summed E-state index contributed by atoms with van der Waals surface area (Å²) in [6, 6.07) is 1.70. The normalized spacial score (nSPS) is 10.5. The number of hydroxylamine groups is 1. The summed E-state index contributed by atoms with van der Waals surface area (Å²) in [6.45, 7) is 1.74. The average molecular weight is 288 g/mol. The van der Waals surface area contributed by atoms with Crippen molar-refractivity contribution in [3.8, 4) is 0 Å². The van der Waals surface area contributed by atoms with E-state index in [1.807, 2.05) is 0 Å². The van der Waals surface area contributed by atoms with Gasteiger partial charge in [-0.1, -0.05) is 0 Å². The van der Waals surface area contributed by atoms with Crippen LogP contribution in [0.15, 0.2) is 15.5 Å². The van der Waals surface area contributed by atoms with Crippen LogP contribution >= 0.6 is 15.9 Å². The highest BCUT2D eigenvalue weighted by atomic mass is 79.9. The highest BCUT2D eigenvalue weighted by Gasteiger charge is 2.14. The van der Waals surface area contributed by atoms with Crippen molar-refractivity contribution in [2.45, 2.75) is 6.92 Å². The average Bonchev–Trinajstić information content (AvgIpc) is 2.27. The van der Waals surface area contributed by atoms with Gasteiger partial charge in [0.2, 0.25) is 0 Å². The molecule has 0 aliphatic rings. The highest BCUT2D eigenvalue weighted by molar-refractivity contribution is 9.10. The first-order chi connectivity index (χ1) is 7.60. The van der Waals surface area contributed by atoms with E-state index in [2.05, 4.69) is 30.6 Å². The molecular formula is C9H10BrN3O3. The second kappa shape index (κ2) is 5.57. The second-order valence-electron chi connectivity index (χ2n) is 2.84. The Labute approximate surface area is 100 Å². The summed E-state index contributed by atoms with van der Waals surface area (Å²) >= 11 is 3.24. The third kappa shape index (κ3) is 2.77. The van der Waals surface area contributed by atoms with Crippen LogP contribution in [0, 0.1) is 6.92 Å². The predicted octanol–water partition coefficient (Wildman–Crippen LogP) is 1.58. The first-order valence-electron chi connectivity index (χ1n) is 4.27. The molecule has 0 spiro atoms. The molecule has 16 heavy (non-hydrogen) atoms. The fourth-order valence-corrected chi connectivity index (χ4v) is 1.59. The zero-order chi connectivity index (χ0) is 12.1. The van der Waals surface area contributed by atoms with Gasteiger partial charge in [0.1, 0.15) is 6.34 Å². The maximum absolute atomic E-state index is 11.4. The molecule has 0 aliphatic heterocycles. The van der Waals surface area contributed by atoms with Crippen LogP contribution in [0.1, 0.15) is 16.1 Å². The lowest BCUT2D eigenvalue weighted by Crippen LogP contribution is -2.07. The number of ether oxygens (including phenoxy) is 1. The van der Waals surface area contributed by atoms with Crippen molar-refractivity contribution in [3.63, 3.8) is 0 Å². The lowest BCUT2D eigenvalue weighted by atomic mass is 10.2. The van der Waals surface area contributed by atoms with Gasteiger partial charge in [-0.3, -0.25) is 10.7 Å². The molecule has 86 valence electrons. The van der Waals surface area contributed by atoms with Crippen LogP contribution in [0.4, 0.5) is 5.82 Å². The number of aliphatic imine (C=N–C) groups is 1. The molecule has 7 heteroatoms. The van der Waals surface area contributed by atoms with E-state index in [-0.39, 0.29) is 11.5 Å². The van der Waals surface area contributed by atoms with E-state index in [4.69, 9.17) is 5.21 Å². The molecule has 6 nitrogen and oxygen atoms in total. The second-order valence-corrected chi connectivity index (χ2v) is 3.69. The summed E-state index contributed by atoms with van der Waals surface area (Å²) in [5.41, 5.74) is 2.62. The van der Waals surface area contributed by atoms with E-state index in [0.29, 0.717) is 10.0 Å². The number of esters is 1. The van der Waals surface area contributed by atoms with Gasteiger partial charge in [-0.05, 0) is 34.5 Å². The highest BCUT2D eigenvalue weighted by Crippen LogP contribution is 2.25. The minimum absolute atomic E-state index is 0.191. The van der Waals surface area contributed by atoms with Crippen LogP contribution < -0.4 is 5.48 Å². The van der Waals surface area contributed by atoms with Gasteiger partial charge in [0, 0.05) is 0 Å². The van der Waals surface area contributed by atoms with Crippen LogP contribution in [-0.2, 0) is 4.74 Å². The van der Waals surface area contributed by atoms with Gasteiger partial charge in [-0.15, -0.1) is 0 Å². The Morgan fingerprint density at radius 2 is 2.44 bits per heavy atom. The van der Waals surface area contributed by atoms with E-state index in [1.54, 1.807) is 18.5 Å². The Kier molecular flexibility index (Phi) is 4.39. The number of nitrogens with one attached hydrogen (secondary N) is 1. The van der Waals surface area contributed by atoms with Gasteiger partial charge in [0.15, 0.2) is 11.5 Å². The molecule has 0 aliphatic carbocycles. The van der Waals surface area contributed by atoms with Crippen molar-refractivity contribution in [1.82, 2.24) is 10.5 Å². The molecule has 1 aromatic rings. The van der Waals surface area contributed by atoms with E-state index in [1.165, 1.54) is 7.11 Å². The SMILES string of the molecule is COC(=O)c1nc(N=CNO)c(Br)cc1C. The molecule has 0 fully saturated rings. The third-order valence-corrected chi connectivity index (χ3v) is 2.35. The fraction of sp³-hybridized carbons (Fsp3) is 0.222. The molecule has 0 amide bonds. The summed E-state index contributed by atoms with van der Waals surface area (Å²) in [4.78, 5) is 19.2. The zero-order valence-electron chi connectivity index (χ0n) is 8.69. The van der Waals surface area contributed by atoms with Gasteiger partial charge in [-0.2, -0.15) is 0 Å². The smallest absolute Gasteiger partial charge is 0.357 e. The van der Waals surface area contributed by atoms with Crippen LogP contribution in [0.25, 0.3) is 0 Å². The summed E-state index contributed by atoms with van der Waals surface area (Å²) in [5.74, 6) is -0.258. The molecule has 1 rings (SSSR count). The monoisotopic (exact) mass is 287 g/mol. The third-order valence-electron chi connectivity index (χ3n) is 1.77. The lowest BCUT2D eigenvalue weighted by molar-refractivity contribution is 0.0593. The van der Waals surface area contributed by atoms with E-state index < -0.39 is 5.97 Å². The van der Waals surface area contributed by atoms with Crippen LogP contribution in [0.2, 0.25) is 0 Å². The molecule has 2 N–H and O–H groups in total. The predicted molar refractivity (Wildman–Crippen MR) is 61.1 cm³/mol. The molecule has 1 heterocycles. The Morgan fingerprint density at radius 1 is 1.75 bits per heavy atom. The van der Waals surface area contributed by atoms with Gasteiger partial charge >= 0.3 is 5.97 Å². The Bertz CT molecular complexity index is 434. The molecule has 0 saturated carbocycles. The zero-order valence-corrected chi connectivity index (χ0v) is 10.3. The number of carbonyl (C=O) groups is 1. The Morgan fingerprint density at radius 3 is 3.00 bits per heavy atom. The van der Waals surface area contributed by atoms with Crippen molar-refractivity contribution in [3.05, 3.63) is 21.8 Å². The quantitative estimate of drug-likeness (QED) is 0.382. The van der Waals surface area contributed by atoms with Crippen LogP contribution in [0.3, 0.4) is 0 Å². The fourth-order valence-electron chi connectivity index (χ4n) is 1.05. The number of rotatable bonds is 3. The standard InChI is InChI=1S/C9H10BrN3O3/c1-5-3-6(10)8(11-4-12-15)13-7(5)9(14)16-2/h3-4,15H,1-2H3,(H,11,12,13). The molecule has 1 aromatic heterocycles. The minimum atomic E-state index is -0.529. The molecule has 0 bridgehead atoms. The minimum Gasteiger partial charge on any atom is -0.464 e. The van der Waals surface area contributed by atoms with Crippen molar-refractivity contribution < 1.29 is 14.7 Å². The van der Waals surface area contributed by atoms with E-state index in [0.717, 1.165) is 6.34 Å². The van der Waals surface area contributed by atoms with Gasteiger partial charge < -0.3 is 4.74 Å². The number of methoxy groups -OCH3 is 1. The van der Waals surface area contributed by atoms with Crippen molar-refractivity contribution in [2.75, 3.05) is 7.11 Å². The molecular weight excluding hydrogens is 278 g/mol. The van der Waals surface area contributed by atoms with Crippen molar-refractivity contribution >= 4 is 34.1 Å². The lowest BCUT2D eigenvalue weighted by Gasteiger charge is -2.05. The summed E-state index contributed by atoms with van der Waals surface area (Å²) < 4.78 is 5.20. The van der Waals surface area contributed by atoms with E-state index >= 15 is 0 Å². The number of nitrogens with zero attached hydrogens (tertiary/aromatic N) is 2. The Hall–Kier alpha value is -1.47. The largest absolute Gasteiger partial charge is 0.464 e. The summed E-state index contributed by atoms with van der Waals surface area (Å²) in [6.07, 6.45) is 1.05. The Balaban J connectivity index is 3.21. The maximum Gasteiger partial charge on any atom is 0.357 e. The molecule has 0 aromatic carbocycles. The first-order valence-corrected chi connectivity index (χ1v) is 5.07. The number of pyridine rings is 1. The summed E-state index contributed by atoms with van der Waals surface area (Å²) in [5, 5.41) is 8.36. The van der Waals surface area contributed by atoms with Crippen molar-refractivity contribution in [1.29, 1.82) is 0 Å². The van der Waals surface area contributed by atoms with Crippen LogP contribution in [-0.4, -0.2) is 29.6 Å². The molecule has 0 atom stereocenters. The number of aromatic nitrogens is 1. The summed E-state index contributed by atoms with van der Waals surface area (Å²) in [7, 11) is 1.28. The van der Waals surface area contributed by atoms with E-state index in [9.17, 15) is 4.79 Å². The number of hydrogen-bond acceptors (Lipinski definition) is 5. The van der Waals surface area contributed by atoms with Gasteiger partial charge in [-0.25, -0.2) is 14.8 Å².